The lowest BCUT2D eigenvalue weighted by Crippen LogP contribution is -2.60. The smallest absolute Gasteiger partial charge is 0.325 e. The summed E-state index contributed by atoms with van der Waals surface area (Å²) < 4.78 is 9.29. The van der Waals surface area contributed by atoms with Crippen LogP contribution in [0.1, 0.15) is 19.3 Å². The first kappa shape index (κ1) is 25.9. The van der Waals surface area contributed by atoms with Crippen molar-refractivity contribution in [1.29, 1.82) is 0 Å². The van der Waals surface area contributed by atoms with E-state index in [9.17, 15) is 24.0 Å². The number of esters is 2. The molecule has 0 saturated carbocycles. The van der Waals surface area contributed by atoms with Crippen LogP contribution >= 0.6 is 0 Å². The summed E-state index contributed by atoms with van der Waals surface area (Å²) in [5, 5.41) is 0. The number of nitrogens with zero attached hydrogens (tertiary/aromatic N) is 5. The normalized spacial score (nSPS) is 18.3. The summed E-state index contributed by atoms with van der Waals surface area (Å²) in [5.41, 5.74) is 0. The van der Waals surface area contributed by atoms with Crippen molar-refractivity contribution in [3.63, 3.8) is 0 Å². The highest BCUT2D eigenvalue weighted by molar-refractivity contribution is 5.94. The molecule has 2 aliphatic rings. The van der Waals surface area contributed by atoms with E-state index in [0.29, 0.717) is 26.2 Å². The van der Waals surface area contributed by atoms with Gasteiger partial charge in [-0.3, -0.25) is 24.0 Å². The van der Waals surface area contributed by atoms with Crippen molar-refractivity contribution in [1.82, 2.24) is 19.7 Å². The number of hydrogen-bond donors (Lipinski definition) is 0. The Labute approximate surface area is 203 Å². The molecule has 35 heavy (non-hydrogen) atoms. The lowest BCUT2D eigenvalue weighted by molar-refractivity contribution is -0.159. The van der Waals surface area contributed by atoms with Crippen LogP contribution < -0.4 is 4.90 Å². The molecule has 0 N–H and O–H groups in total. The molecule has 3 heterocycles. The predicted octanol–water partition coefficient (Wildman–Crippen LogP) is -0.714. The van der Waals surface area contributed by atoms with Crippen molar-refractivity contribution in [2.75, 3.05) is 64.9 Å². The van der Waals surface area contributed by atoms with Crippen LogP contribution in [0, 0.1) is 0 Å². The van der Waals surface area contributed by atoms with Gasteiger partial charge in [0.2, 0.25) is 17.7 Å². The molecule has 2 aliphatic heterocycles. The molecule has 1 aromatic rings. The van der Waals surface area contributed by atoms with Crippen molar-refractivity contribution >= 4 is 35.5 Å². The average Bonchev–Trinajstić information content (AvgIpc) is 2.89. The molecule has 0 spiro atoms. The summed E-state index contributed by atoms with van der Waals surface area (Å²) in [6.45, 7) is 2.35. The highest BCUT2D eigenvalue weighted by Crippen LogP contribution is 2.18. The summed E-state index contributed by atoms with van der Waals surface area (Å²) in [6, 6.07) is 4.60. The second-order valence-electron chi connectivity index (χ2n) is 8.27. The Morgan fingerprint density at radius 3 is 2.23 bits per heavy atom. The Balaban J connectivity index is 1.54. The van der Waals surface area contributed by atoms with Gasteiger partial charge in [-0.05, 0) is 12.1 Å². The maximum atomic E-state index is 13.0. The molecular weight excluding hydrogens is 458 g/mol. The van der Waals surface area contributed by atoms with Crippen LogP contribution in [0.4, 0.5) is 5.82 Å². The van der Waals surface area contributed by atoms with Gasteiger partial charge < -0.3 is 29.1 Å². The molecule has 1 aromatic heterocycles. The molecule has 1 unspecified atom stereocenters. The molecular formula is C23H31N5O7. The number of ether oxygens (including phenoxy) is 2. The van der Waals surface area contributed by atoms with E-state index >= 15 is 0 Å². The quantitative estimate of drug-likeness (QED) is 0.435. The number of amides is 3. The van der Waals surface area contributed by atoms with Gasteiger partial charge in [0, 0.05) is 58.3 Å². The summed E-state index contributed by atoms with van der Waals surface area (Å²) in [4.78, 5) is 72.8. The Hall–Kier alpha value is -3.70. The van der Waals surface area contributed by atoms with Crippen molar-refractivity contribution in [3.05, 3.63) is 24.4 Å². The summed E-state index contributed by atoms with van der Waals surface area (Å²) in [6.07, 6.45) is 1.32. The van der Waals surface area contributed by atoms with Crippen LogP contribution in [0.25, 0.3) is 0 Å². The number of carbonyl (C=O) groups excluding carboxylic acids is 5. The topological polar surface area (TPSA) is 130 Å². The number of rotatable bonds is 8. The Morgan fingerprint density at radius 2 is 1.60 bits per heavy atom. The van der Waals surface area contributed by atoms with Crippen LogP contribution in [0.3, 0.4) is 0 Å². The largest absolute Gasteiger partial charge is 0.469 e. The van der Waals surface area contributed by atoms with Gasteiger partial charge >= 0.3 is 11.9 Å². The molecule has 0 radical (unpaired) electrons. The molecule has 0 bridgehead atoms. The fraction of sp³-hybridized carbons (Fsp3) is 0.565. The number of piperazine rings is 2. The molecule has 1 atom stereocenters. The molecule has 0 aliphatic carbocycles. The first-order chi connectivity index (χ1) is 16.8. The number of hydrogen-bond acceptors (Lipinski definition) is 9. The summed E-state index contributed by atoms with van der Waals surface area (Å²) in [5.74, 6) is -1.45. The number of anilines is 1. The molecule has 0 aromatic carbocycles. The van der Waals surface area contributed by atoms with Gasteiger partial charge in [-0.1, -0.05) is 6.07 Å². The van der Waals surface area contributed by atoms with Crippen LogP contribution in [0.5, 0.6) is 0 Å². The first-order valence-electron chi connectivity index (χ1n) is 11.5. The van der Waals surface area contributed by atoms with E-state index in [2.05, 4.69) is 19.4 Å². The van der Waals surface area contributed by atoms with Crippen molar-refractivity contribution in [2.24, 2.45) is 0 Å². The monoisotopic (exact) mass is 489 g/mol. The van der Waals surface area contributed by atoms with Gasteiger partial charge in [0.25, 0.3) is 0 Å². The third kappa shape index (κ3) is 6.67. The standard InChI is InChI=1S/C23H31N5O7/c1-34-21(31)15-17-23(33)27(16-22(32)35-2)13-14-28(17)20(30)7-6-19(29)26-11-9-25(10-12-26)18-5-3-4-8-24-18/h3-5,8,17H,6-7,9-16H2,1-2H3. The van der Waals surface area contributed by atoms with E-state index < -0.39 is 29.8 Å². The maximum absolute atomic E-state index is 13.0. The zero-order valence-electron chi connectivity index (χ0n) is 20.1. The fourth-order valence-electron chi connectivity index (χ4n) is 4.19. The van der Waals surface area contributed by atoms with Crippen LogP contribution in [-0.2, 0) is 33.4 Å². The Kier molecular flexibility index (Phi) is 8.98. The van der Waals surface area contributed by atoms with E-state index in [-0.39, 0.29) is 44.8 Å². The second-order valence-corrected chi connectivity index (χ2v) is 8.27. The van der Waals surface area contributed by atoms with Gasteiger partial charge in [0.1, 0.15) is 18.4 Å². The minimum atomic E-state index is -1.09. The van der Waals surface area contributed by atoms with E-state index in [1.807, 2.05) is 18.2 Å². The predicted molar refractivity (Wildman–Crippen MR) is 123 cm³/mol. The summed E-state index contributed by atoms with van der Waals surface area (Å²) >= 11 is 0. The highest BCUT2D eigenvalue weighted by atomic mass is 16.5. The lowest BCUT2D eigenvalue weighted by Gasteiger charge is -2.40. The Bertz CT molecular complexity index is 933. The van der Waals surface area contributed by atoms with Crippen molar-refractivity contribution in [3.8, 4) is 0 Å². The number of pyridine rings is 1. The Morgan fingerprint density at radius 1 is 0.914 bits per heavy atom. The maximum Gasteiger partial charge on any atom is 0.325 e. The molecule has 2 fully saturated rings. The SMILES string of the molecule is COC(=O)CC1C(=O)N(CC(=O)OC)CCN1C(=O)CCC(=O)N1CCN(c2ccccn2)CC1. The van der Waals surface area contributed by atoms with Crippen molar-refractivity contribution < 1.29 is 33.4 Å². The van der Waals surface area contributed by atoms with Gasteiger partial charge in [-0.2, -0.15) is 0 Å². The molecule has 12 nitrogen and oxygen atoms in total. The molecule has 3 rings (SSSR count). The average molecular weight is 490 g/mol. The minimum Gasteiger partial charge on any atom is -0.469 e. The van der Waals surface area contributed by atoms with E-state index in [1.54, 1.807) is 11.1 Å². The zero-order valence-corrected chi connectivity index (χ0v) is 20.1. The number of aromatic nitrogens is 1. The lowest BCUT2D eigenvalue weighted by atomic mass is 10.1. The van der Waals surface area contributed by atoms with Crippen LogP contribution in [-0.4, -0.2) is 115 Å². The second kappa shape index (κ2) is 12.1. The zero-order chi connectivity index (χ0) is 25.4. The molecule has 190 valence electrons. The van der Waals surface area contributed by atoms with E-state index in [4.69, 9.17) is 0 Å². The van der Waals surface area contributed by atoms with Crippen molar-refractivity contribution in [2.45, 2.75) is 25.3 Å². The molecule has 12 heteroatoms. The van der Waals surface area contributed by atoms with Gasteiger partial charge in [0.15, 0.2) is 0 Å². The van der Waals surface area contributed by atoms with E-state index in [1.165, 1.54) is 24.0 Å². The third-order valence-electron chi connectivity index (χ3n) is 6.20. The third-order valence-corrected chi connectivity index (χ3v) is 6.20. The first-order valence-corrected chi connectivity index (χ1v) is 11.5. The summed E-state index contributed by atoms with van der Waals surface area (Å²) in [7, 11) is 2.41. The number of methoxy groups -OCH3 is 2. The van der Waals surface area contributed by atoms with Crippen LogP contribution in [0.2, 0.25) is 0 Å². The minimum absolute atomic E-state index is 0.00390. The molecule has 2 saturated heterocycles. The number of carbonyl (C=O) groups is 5. The molecule has 3 amide bonds. The highest BCUT2D eigenvalue weighted by Gasteiger charge is 2.39. The van der Waals surface area contributed by atoms with Gasteiger partial charge in [-0.25, -0.2) is 4.98 Å². The van der Waals surface area contributed by atoms with Gasteiger partial charge in [0.05, 0.1) is 20.6 Å². The fourth-order valence-corrected chi connectivity index (χ4v) is 4.19. The van der Waals surface area contributed by atoms with Gasteiger partial charge in [-0.15, -0.1) is 0 Å². The van der Waals surface area contributed by atoms with Crippen LogP contribution in [0.15, 0.2) is 24.4 Å². The van der Waals surface area contributed by atoms with E-state index in [0.717, 1.165) is 5.82 Å².